The van der Waals surface area contributed by atoms with Crippen molar-refractivity contribution in [3.63, 3.8) is 0 Å². The van der Waals surface area contributed by atoms with E-state index in [0.717, 1.165) is 11.3 Å². The minimum Gasteiger partial charge on any atom is -0.338 e. The summed E-state index contributed by atoms with van der Waals surface area (Å²) in [5, 5.41) is 14.7. The van der Waals surface area contributed by atoms with Crippen molar-refractivity contribution in [2.45, 2.75) is 24.2 Å². The molecule has 1 unspecified atom stereocenters. The van der Waals surface area contributed by atoms with Gasteiger partial charge in [0.1, 0.15) is 5.82 Å². The molecule has 0 radical (unpaired) electrons. The molecule has 7 nitrogen and oxygen atoms in total. The highest BCUT2D eigenvalue weighted by atomic mass is 32.2. The maximum absolute atomic E-state index is 13.1. The van der Waals surface area contributed by atoms with Gasteiger partial charge in [0.05, 0.1) is 11.8 Å². The van der Waals surface area contributed by atoms with Gasteiger partial charge in [-0.15, -0.1) is 10.2 Å². The monoisotopic (exact) mass is 459 g/mol. The molecular formula is C21H22FN5O2S2. The first-order chi connectivity index (χ1) is 14.8. The zero-order chi connectivity index (χ0) is 22.4. The summed E-state index contributed by atoms with van der Waals surface area (Å²) in [5.41, 5.74) is 2.31. The van der Waals surface area contributed by atoms with Crippen LogP contribution in [0.2, 0.25) is 0 Å². The molecule has 10 heteroatoms. The Bertz CT molecular complexity index is 1060. The lowest BCUT2D eigenvalue weighted by Crippen LogP contribution is -2.31. The minimum absolute atomic E-state index is 0.0606. The van der Waals surface area contributed by atoms with Gasteiger partial charge in [-0.05, 0) is 42.8 Å². The minimum atomic E-state index is -0.303. The van der Waals surface area contributed by atoms with E-state index < -0.39 is 0 Å². The van der Waals surface area contributed by atoms with Crippen LogP contribution in [0.1, 0.15) is 25.5 Å². The van der Waals surface area contributed by atoms with Crippen LogP contribution in [0, 0.1) is 5.82 Å². The number of carbonyl (C=O) groups is 2. The predicted octanol–water partition coefficient (Wildman–Crippen LogP) is 4.69. The number of aromatic nitrogens is 2. The highest BCUT2D eigenvalue weighted by Crippen LogP contribution is 2.29. The van der Waals surface area contributed by atoms with E-state index in [0.29, 0.717) is 15.2 Å². The van der Waals surface area contributed by atoms with E-state index in [2.05, 4.69) is 20.8 Å². The molecule has 1 aromatic heterocycles. The fourth-order valence-corrected chi connectivity index (χ4v) is 4.42. The van der Waals surface area contributed by atoms with Crippen molar-refractivity contribution in [3.05, 3.63) is 59.9 Å². The second-order valence-electron chi connectivity index (χ2n) is 6.78. The largest absolute Gasteiger partial charge is 0.338 e. The summed E-state index contributed by atoms with van der Waals surface area (Å²) in [6, 6.07) is 13.2. The van der Waals surface area contributed by atoms with E-state index in [1.807, 2.05) is 19.1 Å². The van der Waals surface area contributed by atoms with Crippen LogP contribution in [0.3, 0.4) is 0 Å². The third-order valence-electron chi connectivity index (χ3n) is 4.49. The molecule has 162 valence electrons. The summed E-state index contributed by atoms with van der Waals surface area (Å²) in [6.45, 7) is 3.35. The van der Waals surface area contributed by atoms with Crippen LogP contribution in [0.4, 0.5) is 20.9 Å². The highest BCUT2D eigenvalue weighted by Gasteiger charge is 2.18. The highest BCUT2D eigenvalue weighted by molar-refractivity contribution is 8.01. The number of carbonyl (C=O) groups excluding carboxylic acids is 2. The molecule has 0 saturated carbocycles. The summed E-state index contributed by atoms with van der Waals surface area (Å²) in [7, 11) is 1.73. The van der Waals surface area contributed by atoms with E-state index in [4.69, 9.17) is 0 Å². The SMILES string of the molecule is CC(=O)Nc1cccc(Nc2nnc(SCC(=O)N(C)C(C)c3ccc(F)cc3)s2)c1. The number of anilines is 3. The lowest BCUT2D eigenvalue weighted by molar-refractivity contribution is -0.129. The molecule has 3 rings (SSSR count). The molecule has 0 fully saturated rings. The zero-order valence-electron chi connectivity index (χ0n) is 17.3. The lowest BCUT2D eigenvalue weighted by atomic mass is 10.1. The number of nitrogens with zero attached hydrogens (tertiary/aromatic N) is 3. The number of hydrogen-bond donors (Lipinski definition) is 2. The Kier molecular flexibility index (Phi) is 7.59. The van der Waals surface area contributed by atoms with Gasteiger partial charge >= 0.3 is 0 Å². The smallest absolute Gasteiger partial charge is 0.233 e. The molecule has 31 heavy (non-hydrogen) atoms. The van der Waals surface area contributed by atoms with Crippen LogP contribution in [0.15, 0.2) is 52.9 Å². The van der Waals surface area contributed by atoms with Crippen LogP contribution in [-0.4, -0.2) is 39.7 Å². The van der Waals surface area contributed by atoms with Crippen molar-refractivity contribution in [2.75, 3.05) is 23.4 Å². The first kappa shape index (κ1) is 22.7. The van der Waals surface area contributed by atoms with Crippen molar-refractivity contribution < 1.29 is 14.0 Å². The summed E-state index contributed by atoms with van der Waals surface area (Å²) in [5.74, 6) is -0.290. The summed E-state index contributed by atoms with van der Waals surface area (Å²) in [4.78, 5) is 25.4. The Morgan fingerprint density at radius 2 is 1.87 bits per heavy atom. The average molecular weight is 460 g/mol. The van der Waals surface area contributed by atoms with Gasteiger partial charge in [-0.2, -0.15) is 0 Å². The average Bonchev–Trinajstić information content (AvgIpc) is 3.18. The third-order valence-corrected chi connectivity index (χ3v) is 6.44. The summed E-state index contributed by atoms with van der Waals surface area (Å²) in [6.07, 6.45) is 0. The topological polar surface area (TPSA) is 87.2 Å². The first-order valence-electron chi connectivity index (χ1n) is 9.44. The molecule has 2 amide bonds. The van der Waals surface area contributed by atoms with Crippen LogP contribution in [-0.2, 0) is 9.59 Å². The van der Waals surface area contributed by atoms with E-state index in [1.165, 1.54) is 42.2 Å². The Morgan fingerprint density at radius 1 is 1.16 bits per heavy atom. The number of rotatable bonds is 8. The molecule has 1 atom stereocenters. The van der Waals surface area contributed by atoms with Crippen molar-refractivity contribution in [1.29, 1.82) is 0 Å². The standard InChI is InChI=1S/C21H22FN5O2S2/c1-13(15-7-9-16(22)10-8-15)27(3)19(29)12-30-21-26-25-20(31-21)24-18-6-4-5-17(11-18)23-14(2)28/h4-11,13H,12H2,1-3H3,(H,23,28)(H,24,25). The maximum atomic E-state index is 13.1. The number of benzene rings is 2. The van der Waals surface area contributed by atoms with Crippen molar-refractivity contribution >= 4 is 51.4 Å². The molecule has 0 aliphatic rings. The number of halogens is 1. The molecule has 2 aromatic carbocycles. The summed E-state index contributed by atoms with van der Waals surface area (Å²) < 4.78 is 13.8. The van der Waals surface area contributed by atoms with Gasteiger partial charge in [-0.1, -0.05) is 41.3 Å². The van der Waals surface area contributed by atoms with Gasteiger partial charge in [0.25, 0.3) is 0 Å². The molecule has 0 aliphatic carbocycles. The lowest BCUT2D eigenvalue weighted by Gasteiger charge is -2.25. The van der Waals surface area contributed by atoms with Crippen LogP contribution >= 0.6 is 23.1 Å². The van der Waals surface area contributed by atoms with Gasteiger partial charge < -0.3 is 15.5 Å². The van der Waals surface area contributed by atoms with Crippen LogP contribution < -0.4 is 10.6 Å². The van der Waals surface area contributed by atoms with E-state index in [-0.39, 0.29) is 29.4 Å². The first-order valence-corrected chi connectivity index (χ1v) is 11.2. The van der Waals surface area contributed by atoms with Crippen molar-refractivity contribution in [1.82, 2.24) is 15.1 Å². The van der Waals surface area contributed by atoms with Gasteiger partial charge in [-0.25, -0.2) is 4.39 Å². The molecule has 3 aromatic rings. The Hall–Kier alpha value is -2.98. The summed E-state index contributed by atoms with van der Waals surface area (Å²) >= 11 is 2.65. The number of nitrogens with one attached hydrogen (secondary N) is 2. The predicted molar refractivity (Wildman–Crippen MR) is 122 cm³/mol. The molecule has 0 spiro atoms. The van der Waals surface area contributed by atoms with Crippen molar-refractivity contribution in [3.8, 4) is 0 Å². The number of hydrogen-bond acceptors (Lipinski definition) is 7. The quantitative estimate of drug-likeness (QED) is 0.475. The van der Waals surface area contributed by atoms with Gasteiger partial charge in [0.15, 0.2) is 4.34 Å². The second kappa shape index (κ2) is 10.4. The van der Waals surface area contributed by atoms with Gasteiger partial charge in [0, 0.05) is 25.3 Å². The second-order valence-corrected chi connectivity index (χ2v) is 8.98. The Morgan fingerprint density at radius 3 is 2.58 bits per heavy atom. The molecular weight excluding hydrogens is 437 g/mol. The maximum Gasteiger partial charge on any atom is 0.233 e. The van der Waals surface area contributed by atoms with E-state index in [9.17, 15) is 14.0 Å². The van der Waals surface area contributed by atoms with Crippen LogP contribution in [0.5, 0.6) is 0 Å². The fraction of sp³-hybridized carbons (Fsp3) is 0.238. The molecule has 1 heterocycles. The molecule has 2 N–H and O–H groups in total. The van der Waals surface area contributed by atoms with E-state index in [1.54, 1.807) is 36.2 Å². The fourth-order valence-electron chi connectivity index (χ4n) is 2.73. The Balaban J connectivity index is 1.54. The molecule has 0 saturated heterocycles. The molecule has 0 bridgehead atoms. The van der Waals surface area contributed by atoms with Gasteiger partial charge in [0.2, 0.25) is 16.9 Å². The zero-order valence-corrected chi connectivity index (χ0v) is 18.9. The normalized spacial score (nSPS) is 11.6. The number of thioether (sulfide) groups is 1. The van der Waals surface area contributed by atoms with Crippen LogP contribution in [0.25, 0.3) is 0 Å². The Labute approximate surface area is 188 Å². The molecule has 0 aliphatic heterocycles. The van der Waals surface area contributed by atoms with E-state index >= 15 is 0 Å². The van der Waals surface area contributed by atoms with Crippen molar-refractivity contribution in [2.24, 2.45) is 0 Å². The third kappa shape index (κ3) is 6.50. The number of amides is 2. The van der Waals surface area contributed by atoms with Gasteiger partial charge in [-0.3, -0.25) is 9.59 Å².